The van der Waals surface area contributed by atoms with Gasteiger partial charge in [-0.2, -0.15) is 0 Å². The Morgan fingerprint density at radius 2 is 1.76 bits per heavy atom. The van der Waals surface area contributed by atoms with Crippen molar-refractivity contribution in [3.8, 4) is 5.75 Å². The standard InChI is InChI=1S/C22H20N2O3S2/c1-3-4-13-23-17-8-6-5-7-16(17)18(20(23)25)19-21(26)24(22(28)29-19)14-9-11-15(27-2)12-10-14/h5-12H,3-4,13H2,1-2H3. The number of nitrogens with zero attached hydrogens (tertiary/aromatic N) is 2. The molecular formula is C22H20N2O3S2. The van der Waals surface area contributed by atoms with Crippen LogP contribution in [0.15, 0.2) is 53.4 Å². The van der Waals surface area contributed by atoms with Crippen LogP contribution in [-0.4, -0.2) is 29.8 Å². The van der Waals surface area contributed by atoms with Gasteiger partial charge in [0, 0.05) is 12.1 Å². The third kappa shape index (κ3) is 3.34. The fourth-order valence-corrected chi connectivity index (χ4v) is 4.88. The quantitative estimate of drug-likeness (QED) is 0.518. The first-order valence-electron chi connectivity index (χ1n) is 9.42. The number of para-hydroxylation sites is 1. The van der Waals surface area contributed by atoms with E-state index in [1.54, 1.807) is 36.3 Å². The number of amides is 2. The smallest absolute Gasteiger partial charge is 0.271 e. The molecule has 7 heteroatoms. The van der Waals surface area contributed by atoms with Crippen LogP contribution in [0.3, 0.4) is 0 Å². The maximum Gasteiger partial charge on any atom is 0.271 e. The molecule has 29 heavy (non-hydrogen) atoms. The molecule has 2 amide bonds. The van der Waals surface area contributed by atoms with E-state index in [0.29, 0.717) is 32.8 Å². The van der Waals surface area contributed by atoms with Gasteiger partial charge in [-0.05, 0) is 36.8 Å². The number of carbonyl (C=O) groups is 2. The number of carbonyl (C=O) groups excluding carboxylic acids is 2. The molecule has 0 bridgehead atoms. The highest BCUT2D eigenvalue weighted by Crippen LogP contribution is 2.45. The Morgan fingerprint density at radius 3 is 2.45 bits per heavy atom. The minimum atomic E-state index is -0.263. The van der Waals surface area contributed by atoms with Gasteiger partial charge in [-0.25, -0.2) is 0 Å². The van der Waals surface area contributed by atoms with Crippen LogP contribution in [0.5, 0.6) is 5.75 Å². The normalized spacial score (nSPS) is 18.6. The summed E-state index contributed by atoms with van der Waals surface area (Å²) in [6.45, 7) is 2.72. The number of hydrogen-bond acceptors (Lipinski definition) is 5. The zero-order valence-electron chi connectivity index (χ0n) is 16.2. The number of anilines is 2. The molecular weight excluding hydrogens is 404 g/mol. The Balaban J connectivity index is 1.76. The summed E-state index contributed by atoms with van der Waals surface area (Å²) in [7, 11) is 1.59. The molecule has 2 aliphatic heterocycles. The summed E-state index contributed by atoms with van der Waals surface area (Å²) in [5.41, 5.74) is 2.76. The first kappa shape index (κ1) is 19.7. The Morgan fingerprint density at radius 1 is 1.03 bits per heavy atom. The lowest BCUT2D eigenvalue weighted by molar-refractivity contribution is -0.115. The van der Waals surface area contributed by atoms with Crippen LogP contribution in [0.1, 0.15) is 25.3 Å². The van der Waals surface area contributed by atoms with Crippen LogP contribution in [0, 0.1) is 0 Å². The number of fused-ring (bicyclic) bond motifs is 1. The molecule has 1 saturated heterocycles. The summed E-state index contributed by atoms with van der Waals surface area (Å²) < 4.78 is 5.60. The summed E-state index contributed by atoms with van der Waals surface area (Å²) >= 11 is 6.67. The van der Waals surface area contributed by atoms with Crippen LogP contribution >= 0.6 is 24.0 Å². The van der Waals surface area contributed by atoms with Crippen LogP contribution < -0.4 is 14.5 Å². The summed E-state index contributed by atoms with van der Waals surface area (Å²) in [4.78, 5) is 30.2. The van der Waals surface area contributed by atoms with Gasteiger partial charge >= 0.3 is 0 Å². The van der Waals surface area contributed by atoms with Crippen molar-refractivity contribution in [2.75, 3.05) is 23.5 Å². The van der Waals surface area contributed by atoms with Gasteiger partial charge in [0.05, 0.1) is 29.0 Å². The molecule has 0 atom stereocenters. The van der Waals surface area contributed by atoms with Gasteiger partial charge < -0.3 is 9.64 Å². The van der Waals surface area contributed by atoms with Crippen molar-refractivity contribution in [1.29, 1.82) is 0 Å². The molecule has 1 fully saturated rings. The van der Waals surface area contributed by atoms with Crippen molar-refractivity contribution in [2.45, 2.75) is 19.8 Å². The average molecular weight is 425 g/mol. The Hall–Kier alpha value is -2.64. The first-order chi connectivity index (χ1) is 14.1. The molecule has 0 radical (unpaired) electrons. The number of benzene rings is 2. The van der Waals surface area contributed by atoms with Gasteiger partial charge in [0.15, 0.2) is 4.32 Å². The van der Waals surface area contributed by atoms with E-state index in [1.165, 1.54) is 16.7 Å². The summed E-state index contributed by atoms with van der Waals surface area (Å²) in [6.07, 6.45) is 1.89. The van der Waals surface area contributed by atoms with Gasteiger partial charge in [0.1, 0.15) is 5.75 Å². The Labute approximate surface area is 179 Å². The fraction of sp³-hybridized carbons (Fsp3) is 0.227. The molecule has 5 nitrogen and oxygen atoms in total. The molecule has 0 N–H and O–H groups in total. The molecule has 0 aromatic heterocycles. The Bertz CT molecular complexity index is 1030. The van der Waals surface area contributed by atoms with Crippen molar-refractivity contribution in [3.63, 3.8) is 0 Å². The van der Waals surface area contributed by atoms with Crippen molar-refractivity contribution >= 4 is 57.1 Å². The summed E-state index contributed by atoms with van der Waals surface area (Å²) in [5, 5.41) is 0. The highest BCUT2D eigenvalue weighted by Gasteiger charge is 2.42. The van der Waals surface area contributed by atoms with Gasteiger partial charge in [-0.15, -0.1) is 0 Å². The van der Waals surface area contributed by atoms with Gasteiger partial charge in [0.25, 0.3) is 11.8 Å². The molecule has 148 valence electrons. The van der Waals surface area contributed by atoms with Crippen molar-refractivity contribution < 1.29 is 14.3 Å². The fourth-order valence-electron chi connectivity index (χ4n) is 3.51. The largest absolute Gasteiger partial charge is 0.497 e. The number of ether oxygens (including phenoxy) is 1. The van der Waals surface area contributed by atoms with Gasteiger partial charge in [-0.1, -0.05) is 55.5 Å². The van der Waals surface area contributed by atoms with Crippen LogP contribution in [0.4, 0.5) is 11.4 Å². The van der Waals surface area contributed by atoms with Crippen molar-refractivity contribution in [1.82, 2.24) is 0 Å². The van der Waals surface area contributed by atoms with Gasteiger partial charge in [0.2, 0.25) is 0 Å². The first-order valence-corrected chi connectivity index (χ1v) is 10.6. The second-order valence-corrected chi connectivity index (χ2v) is 8.38. The number of thioether (sulfide) groups is 1. The zero-order chi connectivity index (χ0) is 20.5. The number of hydrogen-bond donors (Lipinski definition) is 0. The van der Waals surface area contributed by atoms with Crippen LogP contribution in [0.25, 0.3) is 5.57 Å². The second-order valence-electron chi connectivity index (χ2n) is 6.74. The molecule has 2 aromatic carbocycles. The summed E-state index contributed by atoms with van der Waals surface area (Å²) in [5.74, 6) is 0.305. The van der Waals surface area contributed by atoms with E-state index >= 15 is 0 Å². The van der Waals surface area contributed by atoms with Crippen LogP contribution in [0.2, 0.25) is 0 Å². The molecule has 2 aliphatic rings. The predicted octanol–water partition coefficient (Wildman–Crippen LogP) is 4.62. The predicted molar refractivity (Wildman–Crippen MR) is 121 cm³/mol. The highest BCUT2D eigenvalue weighted by atomic mass is 32.2. The zero-order valence-corrected chi connectivity index (χ0v) is 17.8. The summed E-state index contributed by atoms with van der Waals surface area (Å²) in [6, 6.07) is 14.8. The third-order valence-electron chi connectivity index (χ3n) is 4.99. The lowest BCUT2D eigenvalue weighted by Gasteiger charge is -2.16. The molecule has 0 aliphatic carbocycles. The number of unbranched alkanes of at least 4 members (excludes halogenated alkanes) is 1. The number of rotatable bonds is 5. The van der Waals surface area contributed by atoms with E-state index < -0.39 is 0 Å². The van der Waals surface area contributed by atoms with Crippen molar-refractivity contribution in [2.24, 2.45) is 0 Å². The SMILES string of the molecule is CCCCN1C(=O)C(=C2SC(=S)N(c3ccc(OC)cc3)C2=O)c2ccccc21. The highest BCUT2D eigenvalue weighted by molar-refractivity contribution is 8.27. The topological polar surface area (TPSA) is 49.9 Å². The molecule has 2 heterocycles. The number of thiocarbonyl (C=S) groups is 1. The third-order valence-corrected chi connectivity index (χ3v) is 6.36. The maximum absolute atomic E-state index is 13.3. The molecule has 4 rings (SSSR count). The minimum Gasteiger partial charge on any atom is -0.497 e. The monoisotopic (exact) mass is 424 g/mol. The van der Waals surface area contributed by atoms with E-state index in [2.05, 4.69) is 6.92 Å². The van der Waals surface area contributed by atoms with Crippen molar-refractivity contribution in [3.05, 3.63) is 59.0 Å². The minimum absolute atomic E-state index is 0.130. The number of methoxy groups -OCH3 is 1. The van der Waals surface area contributed by atoms with E-state index in [4.69, 9.17) is 17.0 Å². The molecule has 0 spiro atoms. The molecule has 0 saturated carbocycles. The second kappa shape index (κ2) is 8.00. The maximum atomic E-state index is 13.3. The van der Waals surface area contributed by atoms with E-state index in [9.17, 15) is 9.59 Å². The average Bonchev–Trinajstić information content (AvgIpc) is 3.18. The van der Waals surface area contributed by atoms with Gasteiger partial charge in [-0.3, -0.25) is 14.5 Å². The molecule has 0 unspecified atom stereocenters. The van der Waals surface area contributed by atoms with E-state index in [0.717, 1.165) is 24.1 Å². The van der Waals surface area contributed by atoms with E-state index in [-0.39, 0.29) is 11.8 Å². The van der Waals surface area contributed by atoms with Crippen LogP contribution in [-0.2, 0) is 9.59 Å². The van der Waals surface area contributed by atoms with E-state index in [1.807, 2.05) is 24.3 Å². The lowest BCUT2D eigenvalue weighted by atomic mass is 10.1. The molecule has 2 aromatic rings. The Kier molecular flexibility index (Phi) is 5.43. The lowest BCUT2D eigenvalue weighted by Crippen LogP contribution is -2.29.